The lowest BCUT2D eigenvalue weighted by Crippen LogP contribution is -2.47. The van der Waals surface area contributed by atoms with Crippen molar-refractivity contribution >= 4 is 11.7 Å². The van der Waals surface area contributed by atoms with Crippen LogP contribution in [0.5, 0.6) is 5.75 Å². The number of rotatable bonds is 4. The molecule has 1 atom stereocenters. The van der Waals surface area contributed by atoms with Gasteiger partial charge in [0.15, 0.2) is 0 Å². The van der Waals surface area contributed by atoms with E-state index >= 15 is 0 Å². The normalized spacial score (nSPS) is 23.7. The Morgan fingerprint density at radius 3 is 2.54 bits per heavy atom. The first-order valence-corrected chi connectivity index (χ1v) is 8.61. The smallest absolute Gasteiger partial charge is 0.310 e. The minimum atomic E-state index is -0.752. The fourth-order valence-corrected chi connectivity index (χ4v) is 3.60. The van der Waals surface area contributed by atoms with Gasteiger partial charge in [0.1, 0.15) is 5.75 Å². The summed E-state index contributed by atoms with van der Waals surface area (Å²) in [6.45, 7) is 4.37. The summed E-state index contributed by atoms with van der Waals surface area (Å²) in [5.41, 5.74) is 1.22. The topological polar surface area (TPSA) is 62.2 Å². The van der Waals surface area contributed by atoms with Crippen molar-refractivity contribution in [3.8, 4) is 5.75 Å². The Kier molecular flexibility index (Phi) is 5.58. The molecule has 1 aromatic carbocycles. The van der Waals surface area contributed by atoms with Gasteiger partial charge in [0, 0.05) is 37.9 Å². The second-order valence-electron chi connectivity index (χ2n) is 6.52. The van der Waals surface area contributed by atoms with Crippen molar-refractivity contribution in [2.24, 2.45) is 5.92 Å². The number of ether oxygens (including phenoxy) is 2. The van der Waals surface area contributed by atoms with Crippen LogP contribution in [0.15, 0.2) is 24.3 Å². The first kappa shape index (κ1) is 17.0. The fraction of sp³-hybridized carbons (Fsp3) is 0.611. The first-order valence-electron chi connectivity index (χ1n) is 8.61. The molecule has 2 aliphatic heterocycles. The van der Waals surface area contributed by atoms with Crippen molar-refractivity contribution in [3.05, 3.63) is 24.3 Å². The molecule has 1 aromatic rings. The number of benzene rings is 1. The number of hydrogen-bond acceptors (Lipinski definition) is 5. The van der Waals surface area contributed by atoms with E-state index in [1.807, 2.05) is 12.1 Å². The summed E-state index contributed by atoms with van der Waals surface area (Å²) in [5, 5.41) is 9.29. The Hall–Kier alpha value is -1.79. The number of carboxylic acid groups (broad SMARTS) is 1. The summed E-state index contributed by atoms with van der Waals surface area (Å²) in [6, 6.07) is 8.62. The van der Waals surface area contributed by atoms with E-state index in [-0.39, 0.29) is 0 Å². The van der Waals surface area contributed by atoms with E-state index in [0.29, 0.717) is 25.8 Å². The van der Waals surface area contributed by atoms with Crippen molar-refractivity contribution in [2.45, 2.75) is 18.9 Å². The number of carbonyl (C=O) groups is 1. The zero-order chi connectivity index (χ0) is 16.9. The maximum Gasteiger partial charge on any atom is 0.310 e. The fourth-order valence-electron chi connectivity index (χ4n) is 3.60. The third kappa shape index (κ3) is 3.99. The highest BCUT2D eigenvalue weighted by molar-refractivity contribution is 5.70. The highest BCUT2D eigenvalue weighted by Gasteiger charge is 2.30. The van der Waals surface area contributed by atoms with Crippen LogP contribution in [-0.2, 0) is 9.53 Å². The molecule has 1 N–H and O–H groups in total. The number of aliphatic carboxylic acids is 1. The van der Waals surface area contributed by atoms with Gasteiger partial charge in [-0.25, -0.2) is 0 Å². The number of hydrogen-bond donors (Lipinski definition) is 1. The average molecular weight is 334 g/mol. The van der Waals surface area contributed by atoms with Gasteiger partial charge in [-0.2, -0.15) is 0 Å². The summed E-state index contributed by atoms with van der Waals surface area (Å²) < 4.78 is 10.7. The third-order valence-corrected chi connectivity index (χ3v) is 5.06. The van der Waals surface area contributed by atoms with Crippen molar-refractivity contribution in [3.63, 3.8) is 0 Å². The van der Waals surface area contributed by atoms with Gasteiger partial charge in [-0.1, -0.05) is 0 Å². The van der Waals surface area contributed by atoms with Crippen molar-refractivity contribution < 1.29 is 19.4 Å². The Morgan fingerprint density at radius 2 is 1.92 bits per heavy atom. The largest absolute Gasteiger partial charge is 0.497 e. The predicted molar refractivity (Wildman–Crippen MR) is 91.7 cm³/mol. The third-order valence-electron chi connectivity index (χ3n) is 5.06. The van der Waals surface area contributed by atoms with E-state index in [9.17, 15) is 9.90 Å². The number of piperidine rings is 1. The molecule has 2 heterocycles. The first-order chi connectivity index (χ1) is 11.7. The minimum absolute atomic E-state index is 0.330. The van der Waals surface area contributed by atoms with Crippen LogP contribution in [0.1, 0.15) is 12.8 Å². The molecule has 0 radical (unpaired) electrons. The monoisotopic (exact) mass is 334 g/mol. The van der Waals surface area contributed by atoms with Crippen LogP contribution < -0.4 is 9.64 Å². The summed E-state index contributed by atoms with van der Waals surface area (Å²) in [5.74, 6) is -0.289. The number of nitrogens with zero attached hydrogens (tertiary/aromatic N) is 2. The minimum Gasteiger partial charge on any atom is -0.497 e. The highest BCUT2D eigenvalue weighted by Crippen LogP contribution is 2.25. The standard InChI is InChI=1S/C18H26N2O4/c1-23-17-4-2-15(3-5-17)19-8-6-16(7-9-19)20-10-11-24-13-14(12-20)18(21)22/h2-5,14,16H,6-13H2,1H3,(H,21,22). The van der Waals surface area contributed by atoms with Crippen LogP contribution in [-0.4, -0.2) is 68.5 Å². The quantitative estimate of drug-likeness (QED) is 0.904. The van der Waals surface area contributed by atoms with Crippen molar-refractivity contribution in [1.82, 2.24) is 4.90 Å². The van der Waals surface area contributed by atoms with Gasteiger partial charge < -0.3 is 19.5 Å². The van der Waals surface area contributed by atoms with Gasteiger partial charge in [0.05, 0.1) is 26.2 Å². The molecule has 0 spiro atoms. The molecule has 2 saturated heterocycles. The molecule has 0 amide bonds. The highest BCUT2D eigenvalue weighted by atomic mass is 16.5. The van der Waals surface area contributed by atoms with E-state index in [2.05, 4.69) is 21.9 Å². The van der Waals surface area contributed by atoms with Crippen LogP contribution >= 0.6 is 0 Å². The second-order valence-corrected chi connectivity index (χ2v) is 6.52. The van der Waals surface area contributed by atoms with Crippen LogP contribution in [0.4, 0.5) is 5.69 Å². The van der Waals surface area contributed by atoms with Gasteiger partial charge >= 0.3 is 5.97 Å². The molecule has 0 bridgehead atoms. The summed E-state index contributed by atoms with van der Waals surface area (Å²) in [4.78, 5) is 16.0. The maximum absolute atomic E-state index is 11.3. The Morgan fingerprint density at radius 1 is 1.21 bits per heavy atom. The molecular weight excluding hydrogens is 308 g/mol. The van der Waals surface area contributed by atoms with Gasteiger partial charge in [-0.15, -0.1) is 0 Å². The molecule has 3 rings (SSSR count). The summed E-state index contributed by atoms with van der Waals surface area (Å²) in [6.07, 6.45) is 2.11. The SMILES string of the molecule is COc1ccc(N2CCC(N3CCOCC(C(=O)O)C3)CC2)cc1. The van der Waals surface area contributed by atoms with Gasteiger partial charge in [-0.05, 0) is 37.1 Å². The van der Waals surface area contributed by atoms with Crippen molar-refractivity contribution in [2.75, 3.05) is 51.4 Å². The van der Waals surface area contributed by atoms with E-state index in [0.717, 1.165) is 38.2 Å². The Labute approximate surface area is 143 Å². The van der Waals surface area contributed by atoms with E-state index in [1.54, 1.807) is 7.11 Å². The number of anilines is 1. The van der Waals surface area contributed by atoms with E-state index in [4.69, 9.17) is 9.47 Å². The van der Waals surface area contributed by atoms with E-state index < -0.39 is 11.9 Å². The molecule has 0 aliphatic carbocycles. The zero-order valence-corrected chi connectivity index (χ0v) is 14.2. The Balaban J connectivity index is 1.56. The van der Waals surface area contributed by atoms with Gasteiger partial charge in [0.2, 0.25) is 0 Å². The van der Waals surface area contributed by atoms with Gasteiger partial charge in [0.25, 0.3) is 0 Å². The van der Waals surface area contributed by atoms with Gasteiger partial charge in [-0.3, -0.25) is 9.69 Å². The van der Waals surface area contributed by atoms with Crippen LogP contribution in [0.3, 0.4) is 0 Å². The van der Waals surface area contributed by atoms with Crippen LogP contribution in [0.25, 0.3) is 0 Å². The lowest BCUT2D eigenvalue weighted by atomic mass is 10.0. The van der Waals surface area contributed by atoms with Crippen LogP contribution in [0.2, 0.25) is 0 Å². The molecule has 0 aromatic heterocycles. The molecule has 24 heavy (non-hydrogen) atoms. The molecule has 132 valence electrons. The number of methoxy groups -OCH3 is 1. The summed E-state index contributed by atoms with van der Waals surface area (Å²) >= 11 is 0. The van der Waals surface area contributed by atoms with Crippen LogP contribution in [0, 0.1) is 5.92 Å². The lowest BCUT2D eigenvalue weighted by molar-refractivity contribution is -0.143. The molecule has 1 unspecified atom stereocenters. The molecule has 6 nitrogen and oxygen atoms in total. The molecule has 6 heteroatoms. The molecule has 0 saturated carbocycles. The second kappa shape index (κ2) is 7.85. The molecule has 2 fully saturated rings. The molecular formula is C18H26N2O4. The van der Waals surface area contributed by atoms with Crippen molar-refractivity contribution in [1.29, 1.82) is 0 Å². The average Bonchev–Trinajstić information content (AvgIpc) is 2.88. The maximum atomic E-state index is 11.3. The summed E-state index contributed by atoms with van der Waals surface area (Å²) in [7, 11) is 1.68. The molecule has 2 aliphatic rings. The zero-order valence-electron chi connectivity index (χ0n) is 14.2. The predicted octanol–water partition coefficient (Wildman–Crippen LogP) is 1.70. The Bertz CT molecular complexity index is 540. The van der Waals surface area contributed by atoms with E-state index in [1.165, 1.54) is 5.69 Å². The number of carboxylic acids is 1. The lowest BCUT2D eigenvalue weighted by Gasteiger charge is -2.39.